The maximum Gasteiger partial charge on any atom is 0.314 e. The van der Waals surface area contributed by atoms with E-state index < -0.39 is 5.60 Å². The Morgan fingerprint density at radius 2 is 1.90 bits per heavy atom. The lowest BCUT2D eigenvalue weighted by Crippen LogP contribution is -2.45. The smallest absolute Gasteiger partial charge is 0.314 e. The van der Waals surface area contributed by atoms with Crippen molar-refractivity contribution in [1.82, 2.24) is 15.5 Å². The predicted molar refractivity (Wildman–Crippen MR) is 85.2 cm³/mol. The molecule has 0 aliphatic heterocycles. The van der Waals surface area contributed by atoms with E-state index in [2.05, 4.69) is 29.4 Å². The van der Waals surface area contributed by atoms with Crippen molar-refractivity contribution in [3.63, 3.8) is 0 Å². The maximum absolute atomic E-state index is 11.7. The van der Waals surface area contributed by atoms with Gasteiger partial charge in [0.05, 0.1) is 6.54 Å². The summed E-state index contributed by atoms with van der Waals surface area (Å²) in [6.07, 6.45) is 0. The van der Waals surface area contributed by atoms with E-state index in [1.54, 1.807) is 6.92 Å². The topological polar surface area (TPSA) is 64.6 Å². The molecule has 5 nitrogen and oxygen atoms in total. The summed E-state index contributed by atoms with van der Waals surface area (Å²) in [5.74, 6) is 0. The molecule has 0 aliphatic carbocycles. The van der Waals surface area contributed by atoms with Crippen LogP contribution in [0.3, 0.4) is 0 Å². The standard InChI is InChI=1S/C16H27N3O2/c1-13(2)19(4)11-10-17-15(20)18-12-16(3,21)14-8-6-5-7-9-14/h5-9,13,21H,10-12H2,1-4H3,(H2,17,18,20). The first-order valence-corrected chi connectivity index (χ1v) is 7.33. The molecule has 0 heterocycles. The lowest BCUT2D eigenvalue weighted by molar-refractivity contribution is 0.0593. The fourth-order valence-electron chi connectivity index (χ4n) is 1.82. The minimum atomic E-state index is -1.08. The Hall–Kier alpha value is -1.59. The number of aliphatic hydroxyl groups is 1. The molecule has 1 aromatic carbocycles. The minimum absolute atomic E-state index is 0.170. The summed E-state index contributed by atoms with van der Waals surface area (Å²) in [4.78, 5) is 13.9. The van der Waals surface area contributed by atoms with Gasteiger partial charge in [-0.1, -0.05) is 30.3 Å². The summed E-state index contributed by atoms with van der Waals surface area (Å²) < 4.78 is 0. The zero-order valence-electron chi connectivity index (χ0n) is 13.4. The number of carbonyl (C=O) groups excluding carboxylic acids is 1. The van der Waals surface area contributed by atoms with Crippen LogP contribution in [0.5, 0.6) is 0 Å². The quantitative estimate of drug-likeness (QED) is 0.714. The second kappa shape index (κ2) is 8.00. The highest BCUT2D eigenvalue weighted by Gasteiger charge is 2.23. The zero-order chi connectivity index (χ0) is 15.9. The number of amides is 2. The van der Waals surface area contributed by atoms with Crippen molar-refractivity contribution in [2.24, 2.45) is 0 Å². The molecule has 0 radical (unpaired) electrons. The lowest BCUT2D eigenvalue weighted by atomic mass is 9.96. The zero-order valence-corrected chi connectivity index (χ0v) is 13.4. The van der Waals surface area contributed by atoms with E-state index in [1.807, 2.05) is 37.4 Å². The van der Waals surface area contributed by atoms with Crippen LogP contribution in [0.25, 0.3) is 0 Å². The fourth-order valence-corrected chi connectivity index (χ4v) is 1.82. The first-order chi connectivity index (χ1) is 9.83. The van der Waals surface area contributed by atoms with Gasteiger partial charge in [0, 0.05) is 19.1 Å². The summed E-state index contributed by atoms with van der Waals surface area (Å²) in [5, 5.41) is 15.9. The Bertz CT molecular complexity index is 432. The molecular formula is C16H27N3O2. The van der Waals surface area contributed by atoms with Gasteiger partial charge in [0.15, 0.2) is 0 Å². The molecular weight excluding hydrogens is 266 g/mol. The molecule has 0 bridgehead atoms. The number of likely N-dealkylation sites (N-methyl/N-ethyl adjacent to an activating group) is 1. The molecule has 1 atom stereocenters. The molecule has 1 unspecified atom stereocenters. The first-order valence-electron chi connectivity index (χ1n) is 7.33. The SMILES string of the molecule is CC(C)N(C)CCNC(=O)NCC(C)(O)c1ccccc1. The van der Waals surface area contributed by atoms with Gasteiger partial charge in [-0.25, -0.2) is 4.79 Å². The van der Waals surface area contributed by atoms with E-state index >= 15 is 0 Å². The van der Waals surface area contributed by atoms with Crippen LogP contribution in [-0.2, 0) is 5.60 Å². The highest BCUT2D eigenvalue weighted by molar-refractivity contribution is 5.73. The van der Waals surface area contributed by atoms with E-state index in [0.717, 1.165) is 12.1 Å². The van der Waals surface area contributed by atoms with Gasteiger partial charge in [0.2, 0.25) is 0 Å². The van der Waals surface area contributed by atoms with Crippen molar-refractivity contribution in [3.05, 3.63) is 35.9 Å². The monoisotopic (exact) mass is 293 g/mol. The van der Waals surface area contributed by atoms with E-state index in [1.165, 1.54) is 0 Å². The highest BCUT2D eigenvalue weighted by atomic mass is 16.3. The molecule has 0 saturated heterocycles. The van der Waals surface area contributed by atoms with E-state index in [9.17, 15) is 9.90 Å². The van der Waals surface area contributed by atoms with Crippen LogP contribution >= 0.6 is 0 Å². The second-order valence-corrected chi connectivity index (χ2v) is 5.82. The normalized spacial score (nSPS) is 14.0. The van der Waals surface area contributed by atoms with Crippen molar-refractivity contribution in [2.75, 3.05) is 26.7 Å². The molecule has 1 aromatic rings. The van der Waals surface area contributed by atoms with Crippen molar-refractivity contribution >= 4 is 6.03 Å². The maximum atomic E-state index is 11.7. The van der Waals surface area contributed by atoms with Crippen LogP contribution in [0.2, 0.25) is 0 Å². The average molecular weight is 293 g/mol. The summed E-state index contributed by atoms with van der Waals surface area (Å²) in [5.41, 5.74) is -0.294. The number of nitrogens with one attached hydrogen (secondary N) is 2. The highest BCUT2D eigenvalue weighted by Crippen LogP contribution is 2.18. The number of hydrogen-bond donors (Lipinski definition) is 3. The summed E-state index contributed by atoms with van der Waals surface area (Å²) in [7, 11) is 2.02. The number of nitrogens with zero attached hydrogens (tertiary/aromatic N) is 1. The molecule has 5 heteroatoms. The van der Waals surface area contributed by atoms with Crippen LogP contribution in [-0.4, -0.2) is 48.8 Å². The Labute approximate surface area is 127 Å². The van der Waals surface area contributed by atoms with Gasteiger partial charge in [-0.15, -0.1) is 0 Å². The molecule has 0 aromatic heterocycles. The van der Waals surface area contributed by atoms with Gasteiger partial charge in [-0.2, -0.15) is 0 Å². The molecule has 0 aliphatic rings. The molecule has 21 heavy (non-hydrogen) atoms. The third kappa shape index (κ3) is 6.14. The Morgan fingerprint density at radius 3 is 2.48 bits per heavy atom. The van der Waals surface area contributed by atoms with Gasteiger partial charge < -0.3 is 20.6 Å². The molecule has 118 valence electrons. The molecule has 0 fully saturated rings. The summed E-state index contributed by atoms with van der Waals surface area (Å²) >= 11 is 0. The minimum Gasteiger partial charge on any atom is -0.384 e. The third-order valence-corrected chi connectivity index (χ3v) is 3.62. The number of rotatable bonds is 7. The average Bonchev–Trinajstić information content (AvgIpc) is 2.46. The number of carbonyl (C=O) groups is 1. The Morgan fingerprint density at radius 1 is 1.29 bits per heavy atom. The first kappa shape index (κ1) is 17.5. The molecule has 2 amide bonds. The fraction of sp³-hybridized carbons (Fsp3) is 0.562. The number of urea groups is 1. The van der Waals surface area contributed by atoms with Crippen LogP contribution in [0.4, 0.5) is 4.79 Å². The summed E-state index contributed by atoms with van der Waals surface area (Å²) in [6.45, 7) is 7.44. The third-order valence-electron chi connectivity index (χ3n) is 3.62. The number of hydrogen-bond acceptors (Lipinski definition) is 3. The Kier molecular flexibility index (Phi) is 6.65. The molecule has 3 N–H and O–H groups in total. The predicted octanol–water partition coefficient (Wildman–Crippen LogP) is 1.53. The lowest BCUT2D eigenvalue weighted by Gasteiger charge is -2.25. The largest absolute Gasteiger partial charge is 0.384 e. The van der Waals surface area contributed by atoms with Crippen molar-refractivity contribution in [1.29, 1.82) is 0 Å². The second-order valence-electron chi connectivity index (χ2n) is 5.82. The molecule has 1 rings (SSSR count). The van der Waals surface area contributed by atoms with Gasteiger partial charge >= 0.3 is 6.03 Å². The van der Waals surface area contributed by atoms with E-state index in [0.29, 0.717) is 12.6 Å². The van der Waals surface area contributed by atoms with Gasteiger partial charge in [-0.3, -0.25) is 0 Å². The van der Waals surface area contributed by atoms with Crippen LogP contribution in [0, 0.1) is 0 Å². The van der Waals surface area contributed by atoms with Crippen LogP contribution < -0.4 is 10.6 Å². The van der Waals surface area contributed by atoms with Crippen LogP contribution in [0.1, 0.15) is 26.3 Å². The van der Waals surface area contributed by atoms with Crippen molar-refractivity contribution in [3.8, 4) is 0 Å². The molecule has 0 spiro atoms. The molecule has 0 saturated carbocycles. The van der Waals surface area contributed by atoms with Crippen molar-refractivity contribution < 1.29 is 9.90 Å². The van der Waals surface area contributed by atoms with Crippen LogP contribution in [0.15, 0.2) is 30.3 Å². The Balaban J connectivity index is 2.33. The van der Waals surface area contributed by atoms with E-state index in [4.69, 9.17) is 0 Å². The van der Waals surface area contributed by atoms with Crippen molar-refractivity contribution in [2.45, 2.75) is 32.4 Å². The summed E-state index contributed by atoms with van der Waals surface area (Å²) in [6, 6.07) is 9.51. The van der Waals surface area contributed by atoms with Gasteiger partial charge in [0.25, 0.3) is 0 Å². The van der Waals surface area contributed by atoms with E-state index in [-0.39, 0.29) is 12.6 Å². The number of benzene rings is 1. The van der Waals surface area contributed by atoms with Gasteiger partial charge in [-0.05, 0) is 33.4 Å². The van der Waals surface area contributed by atoms with Gasteiger partial charge in [0.1, 0.15) is 5.60 Å².